The van der Waals surface area contributed by atoms with Crippen molar-refractivity contribution in [2.24, 2.45) is 4.99 Å². The molecule has 0 atom stereocenters. The summed E-state index contributed by atoms with van der Waals surface area (Å²) >= 11 is 18.4. The maximum Gasteiger partial charge on any atom is 0.216 e. The number of carbonyl (C=O) groups excluding carboxylic acids is 1. The van der Waals surface area contributed by atoms with Crippen LogP contribution in [0.4, 0.5) is 0 Å². The zero-order valence-corrected chi connectivity index (χ0v) is 16.8. The standard InChI is InChI=1S/C20H18Cl3NO3/c21-15-6-4-13(5-7-15)18(25)3-1-2-9-26-19-16(22)11-14(12-17(19)23)20-24-8-10-27-20/h4-7,11-12H,1-3,8-10H2. The Morgan fingerprint density at radius 2 is 1.78 bits per heavy atom. The molecule has 1 aliphatic heterocycles. The van der Waals surface area contributed by atoms with Crippen LogP contribution in [0, 0.1) is 0 Å². The van der Waals surface area contributed by atoms with Crippen molar-refractivity contribution < 1.29 is 14.3 Å². The molecule has 2 aromatic carbocycles. The Kier molecular flexibility index (Phi) is 7.00. The molecule has 0 aromatic heterocycles. The highest BCUT2D eigenvalue weighted by Crippen LogP contribution is 2.35. The van der Waals surface area contributed by atoms with Crippen LogP contribution >= 0.6 is 34.8 Å². The van der Waals surface area contributed by atoms with Crippen LogP contribution in [0.2, 0.25) is 15.1 Å². The predicted octanol–water partition coefficient (Wildman–Crippen LogP) is 5.86. The lowest BCUT2D eigenvalue weighted by atomic mass is 10.1. The molecule has 0 saturated carbocycles. The molecule has 142 valence electrons. The second-order valence-electron chi connectivity index (χ2n) is 6.04. The Labute approximate surface area is 173 Å². The van der Waals surface area contributed by atoms with E-state index in [1.54, 1.807) is 36.4 Å². The van der Waals surface area contributed by atoms with Gasteiger partial charge >= 0.3 is 0 Å². The van der Waals surface area contributed by atoms with Gasteiger partial charge in [0.1, 0.15) is 6.61 Å². The van der Waals surface area contributed by atoms with E-state index in [1.807, 2.05) is 0 Å². The summed E-state index contributed by atoms with van der Waals surface area (Å²) in [6.45, 7) is 1.62. The maximum absolute atomic E-state index is 12.1. The van der Waals surface area contributed by atoms with E-state index in [1.165, 1.54) is 0 Å². The van der Waals surface area contributed by atoms with E-state index < -0.39 is 0 Å². The van der Waals surface area contributed by atoms with Crippen LogP contribution in [0.1, 0.15) is 35.2 Å². The zero-order chi connectivity index (χ0) is 19.2. The van der Waals surface area contributed by atoms with E-state index in [-0.39, 0.29) is 5.78 Å². The smallest absolute Gasteiger partial charge is 0.216 e. The summed E-state index contributed by atoms with van der Waals surface area (Å²) in [6.07, 6.45) is 1.87. The highest BCUT2D eigenvalue weighted by molar-refractivity contribution is 6.37. The van der Waals surface area contributed by atoms with Gasteiger partial charge in [-0.05, 0) is 49.2 Å². The first-order valence-electron chi connectivity index (χ1n) is 8.63. The molecule has 0 bridgehead atoms. The fraction of sp³-hybridized carbons (Fsp3) is 0.300. The summed E-state index contributed by atoms with van der Waals surface area (Å²) in [5, 5.41) is 1.44. The number of halogens is 3. The number of nitrogens with zero attached hydrogens (tertiary/aromatic N) is 1. The molecule has 0 aliphatic carbocycles. The number of Topliss-reactive ketones (excluding diaryl/α,β-unsaturated/α-hetero) is 1. The second-order valence-corrected chi connectivity index (χ2v) is 7.29. The quantitative estimate of drug-likeness (QED) is 0.392. The van der Waals surface area contributed by atoms with E-state index in [0.29, 0.717) is 71.3 Å². The molecule has 0 unspecified atom stereocenters. The van der Waals surface area contributed by atoms with Gasteiger partial charge in [0.05, 0.1) is 23.2 Å². The molecule has 0 amide bonds. The monoisotopic (exact) mass is 425 g/mol. The number of aliphatic imine (C=N–C) groups is 1. The molecular weight excluding hydrogens is 409 g/mol. The van der Waals surface area contributed by atoms with Crippen LogP contribution < -0.4 is 4.74 Å². The minimum atomic E-state index is 0.0874. The van der Waals surface area contributed by atoms with Gasteiger partial charge in [0.2, 0.25) is 5.90 Å². The Bertz CT molecular complexity index is 827. The lowest BCUT2D eigenvalue weighted by molar-refractivity contribution is 0.0978. The Morgan fingerprint density at radius 1 is 1.07 bits per heavy atom. The number of ketones is 1. The van der Waals surface area contributed by atoms with Gasteiger partial charge in [-0.15, -0.1) is 0 Å². The van der Waals surface area contributed by atoms with Crippen molar-refractivity contribution in [3.8, 4) is 5.75 Å². The molecule has 0 fully saturated rings. The van der Waals surface area contributed by atoms with E-state index in [9.17, 15) is 4.79 Å². The molecule has 7 heteroatoms. The third kappa shape index (κ3) is 5.38. The Balaban J connectivity index is 1.47. The molecule has 0 saturated heterocycles. The summed E-state index contributed by atoms with van der Waals surface area (Å²) in [5.74, 6) is 1.07. The molecule has 0 radical (unpaired) electrons. The Hall–Kier alpha value is -1.75. The number of hydrogen-bond acceptors (Lipinski definition) is 4. The van der Waals surface area contributed by atoms with Crippen LogP contribution in [0.5, 0.6) is 5.75 Å². The molecule has 27 heavy (non-hydrogen) atoms. The fourth-order valence-electron chi connectivity index (χ4n) is 2.67. The van der Waals surface area contributed by atoms with Crippen molar-refractivity contribution in [1.29, 1.82) is 0 Å². The molecule has 0 N–H and O–H groups in total. The second kappa shape index (κ2) is 9.45. The Morgan fingerprint density at radius 3 is 2.41 bits per heavy atom. The lowest BCUT2D eigenvalue weighted by Crippen LogP contribution is -2.04. The van der Waals surface area contributed by atoms with Crippen molar-refractivity contribution in [3.05, 3.63) is 62.6 Å². The number of unbranched alkanes of at least 4 members (excludes halogenated alkanes) is 1. The van der Waals surface area contributed by atoms with Crippen LogP contribution in [-0.4, -0.2) is 31.4 Å². The van der Waals surface area contributed by atoms with Crippen molar-refractivity contribution in [2.75, 3.05) is 19.8 Å². The summed E-state index contributed by atoms with van der Waals surface area (Å²) < 4.78 is 11.1. The van der Waals surface area contributed by atoms with Gasteiger partial charge in [-0.25, -0.2) is 4.99 Å². The van der Waals surface area contributed by atoms with Gasteiger partial charge < -0.3 is 9.47 Å². The highest BCUT2D eigenvalue weighted by Gasteiger charge is 2.16. The summed E-state index contributed by atoms with van der Waals surface area (Å²) in [6, 6.07) is 10.4. The van der Waals surface area contributed by atoms with E-state index >= 15 is 0 Å². The first-order valence-corrected chi connectivity index (χ1v) is 9.76. The van der Waals surface area contributed by atoms with E-state index in [0.717, 1.165) is 5.56 Å². The predicted molar refractivity (Wildman–Crippen MR) is 109 cm³/mol. The SMILES string of the molecule is O=C(CCCCOc1c(Cl)cc(C2=NCCO2)cc1Cl)c1ccc(Cl)cc1. The molecule has 3 rings (SSSR count). The average molecular weight is 427 g/mol. The van der Waals surface area contributed by atoms with Crippen molar-refractivity contribution >= 4 is 46.5 Å². The molecular formula is C20H18Cl3NO3. The minimum Gasteiger partial charge on any atom is -0.490 e. The molecule has 4 nitrogen and oxygen atoms in total. The highest BCUT2D eigenvalue weighted by atomic mass is 35.5. The van der Waals surface area contributed by atoms with Gasteiger partial charge in [-0.2, -0.15) is 0 Å². The summed E-state index contributed by atoms with van der Waals surface area (Å²) in [7, 11) is 0. The largest absolute Gasteiger partial charge is 0.490 e. The van der Waals surface area contributed by atoms with E-state index in [2.05, 4.69) is 4.99 Å². The molecule has 0 spiro atoms. The van der Waals surface area contributed by atoms with Gasteiger partial charge in [0.25, 0.3) is 0 Å². The zero-order valence-electron chi connectivity index (χ0n) is 14.5. The number of rotatable bonds is 8. The fourth-order valence-corrected chi connectivity index (χ4v) is 3.40. The molecule has 1 aliphatic rings. The first-order chi connectivity index (χ1) is 13.0. The van der Waals surface area contributed by atoms with Crippen LogP contribution in [0.25, 0.3) is 0 Å². The van der Waals surface area contributed by atoms with Gasteiger partial charge in [0.15, 0.2) is 11.5 Å². The number of hydrogen-bond donors (Lipinski definition) is 0. The minimum absolute atomic E-state index is 0.0874. The van der Waals surface area contributed by atoms with E-state index in [4.69, 9.17) is 44.3 Å². The van der Waals surface area contributed by atoms with Crippen molar-refractivity contribution in [1.82, 2.24) is 0 Å². The normalized spacial score (nSPS) is 13.2. The van der Waals surface area contributed by atoms with Crippen molar-refractivity contribution in [3.63, 3.8) is 0 Å². The number of benzene rings is 2. The summed E-state index contributed by atoms with van der Waals surface area (Å²) in [5.41, 5.74) is 1.41. The van der Waals surface area contributed by atoms with Crippen LogP contribution in [0.15, 0.2) is 41.4 Å². The third-order valence-electron chi connectivity index (χ3n) is 4.04. The van der Waals surface area contributed by atoms with Gasteiger partial charge in [-0.3, -0.25) is 4.79 Å². The topological polar surface area (TPSA) is 47.9 Å². The first kappa shape index (κ1) is 20.0. The van der Waals surface area contributed by atoms with Gasteiger partial charge in [-0.1, -0.05) is 34.8 Å². The van der Waals surface area contributed by atoms with Crippen LogP contribution in [0.3, 0.4) is 0 Å². The number of ether oxygens (including phenoxy) is 2. The lowest BCUT2D eigenvalue weighted by Gasteiger charge is -2.12. The summed E-state index contributed by atoms with van der Waals surface area (Å²) in [4.78, 5) is 16.4. The van der Waals surface area contributed by atoms with Crippen LogP contribution in [-0.2, 0) is 4.74 Å². The number of carbonyl (C=O) groups is 1. The molecule has 1 heterocycles. The molecule has 2 aromatic rings. The van der Waals surface area contributed by atoms with Gasteiger partial charge in [0, 0.05) is 22.6 Å². The van der Waals surface area contributed by atoms with Crippen molar-refractivity contribution in [2.45, 2.75) is 19.3 Å². The average Bonchev–Trinajstić information content (AvgIpc) is 3.18. The maximum atomic E-state index is 12.1. The third-order valence-corrected chi connectivity index (χ3v) is 4.85.